The molecule has 1 N–H and O–H groups in total. The van der Waals surface area contributed by atoms with Gasteiger partial charge in [-0.3, -0.25) is 14.1 Å². The predicted molar refractivity (Wildman–Crippen MR) is 102 cm³/mol. The molecule has 0 aliphatic carbocycles. The number of likely N-dealkylation sites (tertiary alicyclic amines) is 1. The van der Waals surface area contributed by atoms with Crippen LogP contribution in [0.25, 0.3) is 5.65 Å². The highest BCUT2D eigenvalue weighted by Crippen LogP contribution is 2.19. The van der Waals surface area contributed by atoms with E-state index in [-0.39, 0.29) is 5.56 Å². The minimum atomic E-state index is -0.0127. The lowest BCUT2D eigenvalue weighted by molar-refractivity contribution is 0.315. The van der Waals surface area contributed by atoms with Crippen molar-refractivity contribution in [3.05, 3.63) is 70.4 Å². The van der Waals surface area contributed by atoms with Crippen molar-refractivity contribution in [3.8, 4) is 0 Å². The lowest BCUT2D eigenvalue weighted by Crippen LogP contribution is -2.25. The van der Waals surface area contributed by atoms with Crippen LogP contribution in [0.15, 0.2) is 53.6 Å². The first-order chi connectivity index (χ1) is 12.7. The maximum atomic E-state index is 12.3. The molecule has 0 bridgehead atoms. The summed E-state index contributed by atoms with van der Waals surface area (Å²) >= 11 is 0. The number of aromatic nitrogens is 3. The van der Waals surface area contributed by atoms with Crippen molar-refractivity contribution in [2.24, 2.45) is 5.92 Å². The molecule has 4 rings (SSSR count). The highest BCUT2D eigenvalue weighted by Gasteiger charge is 2.23. The van der Waals surface area contributed by atoms with Gasteiger partial charge in [0.15, 0.2) is 0 Å². The molecule has 4 heterocycles. The number of hydrogen-bond donors (Lipinski definition) is 1. The maximum Gasteiger partial charge on any atom is 0.258 e. The Kier molecular flexibility index (Phi) is 4.67. The number of pyridine rings is 2. The van der Waals surface area contributed by atoms with Crippen molar-refractivity contribution >= 4 is 11.5 Å². The van der Waals surface area contributed by atoms with E-state index in [1.54, 1.807) is 22.9 Å². The number of anilines is 1. The average molecular weight is 349 g/mol. The molecule has 1 atom stereocenters. The van der Waals surface area contributed by atoms with Crippen LogP contribution < -0.4 is 10.9 Å². The fourth-order valence-corrected chi connectivity index (χ4v) is 3.56. The molecule has 26 heavy (non-hydrogen) atoms. The zero-order valence-electron chi connectivity index (χ0n) is 14.9. The van der Waals surface area contributed by atoms with Crippen molar-refractivity contribution in [1.82, 2.24) is 19.3 Å². The van der Waals surface area contributed by atoms with Gasteiger partial charge in [0.1, 0.15) is 11.5 Å². The first-order valence-corrected chi connectivity index (χ1v) is 9.04. The molecule has 134 valence electrons. The zero-order valence-corrected chi connectivity index (χ0v) is 14.9. The topological polar surface area (TPSA) is 62.5 Å². The van der Waals surface area contributed by atoms with E-state index in [0.717, 1.165) is 55.3 Å². The van der Waals surface area contributed by atoms with Crippen LogP contribution >= 0.6 is 0 Å². The summed E-state index contributed by atoms with van der Waals surface area (Å²) in [5.41, 5.74) is 2.61. The van der Waals surface area contributed by atoms with Crippen LogP contribution in [-0.2, 0) is 6.54 Å². The van der Waals surface area contributed by atoms with Crippen LogP contribution in [0.3, 0.4) is 0 Å². The van der Waals surface area contributed by atoms with Crippen molar-refractivity contribution < 1.29 is 0 Å². The number of nitrogens with one attached hydrogen (secondary N) is 1. The van der Waals surface area contributed by atoms with E-state index >= 15 is 0 Å². The molecule has 6 heteroatoms. The van der Waals surface area contributed by atoms with Crippen molar-refractivity contribution in [1.29, 1.82) is 0 Å². The van der Waals surface area contributed by atoms with Gasteiger partial charge >= 0.3 is 0 Å². The summed E-state index contributed by atoms with van der Waals surface area (Å²) in [7, 11) is 0. The van der Waals surface area contributed by atoms with Gasteiger partial charge in [0.2, 0.25) is 0 Å². The first-order valence-electron chi connectivity index (χ1n) is 9.04. The number of hydrogen-bond acceptors (Lipinski definition) is 5. The monoisotopic (exact) mass is 349 g/mol. The van der Waals surface area contributed by atoms with Gasteiger partial charge < -0.3 is 5.32 Å². The molecular formula is C20H23N5O. The van der Waals surface area contributed by atoms with Crippen LogP contribution in [0.2, 0.25) is 0 Å². The van der Waals surface area contributed by atoms with Crippen LogP contribution in [0, 0.1) is 12.8 Å². The third-order valence-electron chi connectivity index (χ3n) is 4.93. The highest BCUT2D eigenvalue weighted by atomic mass is 16.1. The van der Waals surface area contributed by atoms with Crippen LogP contribution in [0.1, 0.15) is 17.7 Å². The normalized spacial score (nSPS) is 17.7. The van der Waals surface area contributed by atoms with Crippen LogP contribution in [0.4, 0.5) is 5.82 Å². The quantitative estimate of drug-likeness (QED) is 0.766. The molecule has 3 aromatic rings. The Bertz CT molecular complexity index is 953. The Morgan fingerprint density at radius 2 is 2.19 bits per heavy atom. The smallest absolute Gasteiger partial charge is 0.258 e. The average Bonchev–Trinajstić information content (AvgIpc) is 3.09. The van der Waals surface area contributed by atoms with Crippen molar-refractivity contribution in [2.75, 3.05) is 25.0 Å². The van der Waals surface area contributed by atoms with E-state index in [1.165, 1.54) is 0 Å². The minimum absolute atomic E-state index is 0.0127. The molecule has 0 spiro atoms. The standard InChI is InChI=1S/C20H23N5O/c1-15-5-4-9-25-19(26)11-17(23-20(15)25)14-24-10-7-16(13-24)12-22-18-6-2-3-8-21-18/h2-6,8-9,11,16H,7,10,12-14H2,1H3,(H,21,22)/t16-/m0/s1. The zero-order chi connectivity index (χ0) is 17.9. The predicted octanol–water partition coefficient (Wildman–Crippen LogP) is 2.33. The van der Waals surface area contributed by atoms with Gasteiger partial charge in [-0.15, -0.1) is 0 Å². The summed E-state index contributed by atoms with van der Waals surface area (Å²) in [6, 6.07) is 11.4. The molecule has 1 aliphatic heterocycles. The third kappa shape index (κ3) is 3.60. The molecule has 6 nitrogen and oxygen atoms in total. The van der Waals surface area contributed by atoms with Crippen molar-refractivity contribution in [2.45, 2.75) is 19.9 Å². The van der Waals surface area contributed by atoms with Gasteiger partial charge in [0.05, 0.1) is 5.69 Å². The fraction of sp³-hybridized carbons (Fsp3) is 0.350. The lowest BCUT2D eigenvalue weighted by Gasteiger charge is -2.16. The summed E-state index contributed by atoms with van der Waals surface area (Å²) in [4.78, 5) is 23.7. The third-order valence-corrected chi connectivity index (χ3v) is 4.93. The SMILES string of the molecule is Cc1cccn2c(=O)cc(CN3CC[C@@H](CNc4ccccn4)C3)nc12. The molecule has 0 amide bonds. The minimum Gasteiger partial charge on any atom is -0.370 e. The molecule has 0 radical (unpaired) electrons. The molecule has 1 saturated heterocycles. The lowest BCUT2D eigenvalue weighted by atomic mass is 10.1. The summed E-state index contributed by atoms with van der Waals surface area (Å²) in [6.07, 6.45) is 4.72. The van der Waals surface area contributed by atoms with E-state index in [0.29, 0.717) is 5.92 Å². The van der Waals surface area contributed by atoms with Gasteiger partial charge in [-0.25, -0.2) is 9.97 Å². The van der Waals surface area contributed by atoms with E-state index in [2.05, 4.69) is 15.2 Å². The largest absolute Gasteiger partial charge is 0.370 e. The van der Waals surface area contributed by atoms with Crippen LogP contribution in [-0.4, -0.2) is 38.9 Å². The van der Waals surface area contributed by atoms with Crippen LogP contribution in [0.5, 0.6) is 0 Å². The van der Waals surface area contributed by atoms with Gasteiger partial charge in [0.25, 0.3) is 5.56 Å². The molecule has 3 aromatic heterocycles. The summed E-state index contributed by atoms with van der Waals surface area (Å²) in [5.74, 6) is 1.51. The number of fused-ring (bicyclic) bond motifs is 1. The van der Waals surface area contributed by atoms with Gasteiger partial charge in [-0.2, -0.15) is 0 Å². The van der Waals surface area contributed by atoms with Gasteiger partial charge in [-0.05, 0) is 49.6 Å². The Hall–Kier alpha value is -2.73. The summed E-state index contributed by atoms with van der Waals surface area (Å²) < 4.78 is 1.61. The van der Waals surface area contributed by atoms with Gasteiger partial charge in [-0.1, -0.05) is 12.1 Å². The Labute approximate surface area is 152 Å². The molecular weight excluding hydrogens is 326 g/mol. The number of nitrogens with zero attached hydrogens (tertiary/aromatic N) is 4. The molecule has 1 fully saturated rings. The second kappa shape index (κ2) is 7.25. The van der Waals surface area contributed by atoms with Crippen molar-refractivity contribution in [3.63, 3.8) is 0 Å². The molecule has 0 saturated carbocycles. The van der Waals surface area contributed by atoms with E-state index in [1.807, 2.05) is 37.3 Å². The van der Waals surface area contributed by atoms with Gasteiger partial charge in [0, 0.05) is 38.1 Å². The second-order valence-electron chi connectivity index (χ2n) is 6.96. The molecule has 1 aliphatic rings. The Morgan fingerprint density at radius 1 is 1.27 bits per heavy atom. The summed E-state index contributed by atoms with van der Waals surface area (Å²) in [5, 5.41) is 3.41. The Morgan fingerprint density at radius 3 is 3.04 bits per heavy atom. The first kappa shape index (κ1) is 16.7. The van der Waals surface area contributed by atoms with E-state index in [9.17, 15) is 4.79 Å². The Balaban J connectivity index is 1.40. The molecule has 0 unspecified atom stereocenters. The molecule has 0 aromatic carbocycles. The number of rotatable bonds is 5. The second-order valence-corrected chi connectivity index (χ2v) is 6.96. The number of aryl methyl sites for hydroxylation is 1. The fourth-order valence-electron chi connectivity index (χ4n) is 3.56. The van der Waals surface area contributed by atoms with E-state index < -0.39 is 0 Å². The summed E-state index contributed by atoms with van der Waals surface area (Å²) in [6.45, 7) is 5.67. The van der Waals surface area contributed by atoms with E-state index in [4.69, 9.17) is 4.98 Å². The maximum absolute atomic E-state index is 12.3. The highest BCUT2D eigenvalue weighted by molar-refractivity contribution is 5.46.